The number of hydrogen-bond acceptors (Lipinski definition) is 7. The smallest absolute Gasteiger partial charge is 0.235 e. The van der Waals surface area contributed by atoms with Crippen LogP contribution in [-0.4, -0.2) is 74.4 Å². The molecule has 2 unspecified atom stereocenters. The molecular formula is C29H40ClN5O3S. The lowest BCUT2D eigenvalue weighted by molar-refractivity contribution is -0.0434. The van der Waals surface area contributed by atoms with Gasteiger partial charge in [-0.3, -0.25) is 4.90 Å². The maximum absolute atomic E-state index is 12.0. The Hall–Kier alpha value is -2.24. The summed E-state index contributed by atoms with van der Waals surface area (Å²) < 4.78 is 24.0. The lowest BCUT2D eigenvalue weighted by Crippen LogP contribution is -2.58. The van der Waals surface area contributed by atoms with Crippen molar-refractivity contribution < 1.29 is 13.5 Å². The molecule has 212 valence electrons. The van der Waals surface area contributed by atoms with E-state index in [1.54, 1.807) is 6.08 Å². The minimum absolute atomic E-state index is 0.151. The molecule has 2 aliphatic heterocycles. The molecule has 2 aromatic carbocycles. The predicted octanol–water partition coefficient (Wildman–Crippen LogP) is 2.59. The number of nitrogens with zero attached hydrogens (tertiary/aromatic N) is 2. The van der Waals surface area contributed by atoms with E-state index < -0.39 is 16.3 Å². The number of sulfonamides is 1. The Bertz CT molecular complexity index is 1270. The second-order valence-corrected chi connectivity index (χ2v) is 12.5. The second kappa shape index (κ2) is 13.4. The number of rotatable bonds is 10. The molecule has 0 saturated carbocycles. The SMILES string of the molecule is C/C=C\C(=C(/C)S(N)(=O)=O)N1CCN(C(O)[C@@H](Cc2ccc(Cl)cc2)NCC2Cc3ccccc3CN2)CC1. The number of aliphatic hydroxyl groups excluding tert-OH is 1. The van der Waals surface area contributed by atoms with Crippen LogP contribution < -0.4 is 15.8 Å². The summed E-state index contributed by atoms with van der Waals surface area (Å²) >= 11 is 6.11. The molecule has 5 N–H and O–H groups in total. The summed E-state index contributed by atoms with van der Waals surface area (Å²) in [5.74, 6) is 0. The number of fused-ring (bicyclic) bond motifs is 1. The number of halogens is 1. The molecule has 0 amide bonds. The van der Waals surface area contributed by atoms with Crippen LogP contribution in [0.4, 0.5) is 0 Å². The molecule has 0 aliphatic carbocycles. The van der Waals surface area contributed by atoms with Crippen LogP contribution in [0.1, 0.15) is 30.5 Å². The van der Waals surface area contributed by atoms with Crippen LogP contribution >= 0.6 is 11.6 Å². The number of piperazine rings is 1. The highest BCUT2D eigenvalue weighted by Gasteiger charge is 2.31. The quantitative estimate of drug-likeness (QED) is 0.323. The van der Waals surface area contributed by atoms with Gasteiger partial charge in [-0.1, -0.05) is 54.1 Å². The van der Waals surface area contributed by atoms with E-state index >= 15 is 0 Å². The standard InChI is InChI=1S/C29H40ClN5O3S/c1-3-6-28(21(2)39(31,37)38)34-13-15-35(16-14-34)29(36)27(17-22-9-11-25(30)12-10-22)33-20-26-18-23-7-4-5-8-24(23)19-32-26/h3-12,26-27,29,32-33,36H,13-20H2,1-2H3,(H2,31,37,38)/b6-3-,28-21-/t26?,27-,29?/m1/s1. The monoisotopic (exact) mass is 573 g/mol. The molecule has 2 aliphatic rings. The van der Waals surface area contributed by atoms with Gasteiger partial charge >= 0.3 is 0 Å². The van der Waals surface area contributed by atoms with Crippen molar-refractivity contribution in [2.75, 3.05) is 32.7 Å². The number of aliphatic hydroxyl groups is 1. The summed E-state index contributed by atoms with van der Waals surface area (Å²) in [6, 6.07) is 16.3. The zero-order chi connectivity index (χ0) is 28.0. The number of nitrogens with one attached hydrogen (secondary N) is 2. The zero-order valence-corrected chi connectivity index (χ0v) is 24.3. The van der Waals surface area contributed by atoms with E-state index in [0.29, 0.717) is 43.3 Å². The summed E-state index contributed by atoms with van der Waals surface area (Å²) in [4.78, 5) is 4.24. The molecule has 0 aromatic heterocycles. The van der Waals surface area contributed by atoms with Crippen LogP contribution in [0.3, 0.4) is 0 Å². The summed E-state index contributed by atoms with van der Waals surface area (Å²) in [6.45, 7) is 7.30. The maximum Gasteiger partial charge on any atom is 0.235 e. The third-order valence-electron chi connectivity index (χ3n) is 7.66. The van der Waals surface area contributed by atoms with Gasteiger partial charge < -0.3 is 20.6 Å². The molecule has 1 fully saturated rings. The van der Waals surface area contributed by atoms with E-state index in [1.165, 1.54) is 18.1 Å². The highest BCUT2D eigenvalue weighted by atomic mass is 35.5. The van der Waals surface area contributed by atoms with Gasteiger partial charge in [0.05, 0.1) is 16.6 Å². The number of hydrogen-bond donors (Lipinski definition) is 4. The number of nitrogens with two attached hydrogens (primary N) is 1. The molecule has 0 bridgehead atoms. The molecule has 4 rings (SSSR count). The van der Waals surface area contributed by atoms with Gasteiger partial charge in [0.25, 0.3) is 0 Å². The molecule has 2 heterocycles. The lowest BCUT2D eigenvalue weighted by Gasteiger charge is -2.42. The average Bonchev–Trinajstić information content (AvgIpc) is 2.94. The van der Waals surface area contributed by atoms with E-state index in [0.717, 1.165) is 25.1 Å². The maximum atomic E-state index is 12.0. The minimum atomic E-state index is -3.79. The van der Waals surface area contributed by atoms with E-state index in [9.17, 15) is 13.5 Å². The van der Waals surface area contributed by atoms with Gasteiger partial charge in [-0.2, -0.15) is 0 Å². The zero-order valence-electron chi connectivity index (χ0n) is 22.7. The molecule has 0 radical (unpaired) electrons. The summed E-state index contributed by atoms with van der Waals surface area (Å²) in [6.07, 6.45) is 4.47. The molecule has 3 atom stereocenters. The van der Waals surface area contributed by atoms with E-state index in [4.69, 9.17) is 16.7 Å². The largest absolute Gasteiger partial charge is 0.377 e. The molecular weight excluding hydrogens is 534 g/mol. The van der Waals surface area contributed by atoms with Crippen LogP contribution in [0.15, 0.2) is 71.3 Å². The van der Waals surface area contributed by atoms with Gasteiger partial charge in [0.15, 0.2) is 0 Å². The van der Waals surface area contributed by atoms with Crippen molar-refractivity contribution in [2.45, 2.75) is 51.5 Å². The van der Waals surface area contributed by atoms with Crippen molar-refractivity contribution in [2.24, 2.45) is 5.14 Å². The molecule has 2 aromatic rings. The molecule has 1 saturated heterocycles. The minimum Gasteiger partial charge on any atom is -0.377 e. The van der Waals surface area contributed by atoms with Gasteiger partial charge in [0, 0.05) is 50.3 Å². The van der Waals surface area contributed by atoms with E-state index in [1.807, 2.05) is 42.2 Å². The van der Waals surface area contributed by atoms with Crippen molar-refractivity contribution in [3.05, 3.63) is 93.0 Å². The van der Waals surface area contributed by atoms with Crippen LogP contribution in [0, 0.1) is 0 Å². The van der Waals surface area contributed by atoms with Crippen LogP contribution in [0.5, 0.6) is 0 Å². The third kappa shape index (κ3) is 7.91. The van der Waals surface area contributed by atoms with Gasteiger partial charge in [-0.25, -0.2) is 13.6 Å². The number of benzene rings is 2. The van der Waals surface area contributed by atoms with Gasteiger partial charge in [-0.05, 0) is 61.6 Å². The van der Waals surface area contributed by atoms with Crippen molar-refractivity contribution in [1.82, 2.24) is 20.4 Å². The van der Waals surface area contributed by atoms with Gasteiger partial charge in [0.2, 0.25) is 10.0 Å². The van der Waals surface area contributed by atoms with Crippen molar-refractivity contribution >= 4 is 21.6 Å². The number of allylic oxidation sites excluding steroid dienone is 3. The Balaban J connectivity index is 1.44. The van der Waals surface area contributed by atoms with Crippen molar-refractivity contribution in [3.63, 3.8) is 0 Å². The van der Waals surface area contributed by atoms with Crippen LogP contribution in [0.2, 0.25) is 5.02 Å². The highest BCUT2D eigenvalue weighted by Crippen LogP contribution is 2.21. The number of primary sulfonamides is 1. The first kappa shape index (κ1) is 29.7. The van der Waals surface area contributed by atoms with Crippen LogP contribution in [0.25, 0.3) is 0 Å². The molecule has 8 nitrogen and oxygen atoms in total. The first-order valence-corrected chi connectivity index (χ1v) is 15.4. The molecule has 10 heteroatoms. The highest BCUT2D eigenvalue weighted by molar-refractivity contribution is 7.93. The normalized spacial score (nSPS) is 20.9. The topological polar surface area (TPSA) is 111 Å². The van der Waals surface area contributed by atoms with Crippen LogP contribution in [-0.2, 0) is 29.4 Å². The van der Waals surface area contributed by atoms with Crippen molar-refractivity contribution in [3.8, 4) is 0 Å². The van der Waals surface area contributed by atoms with E-state index in [2.05, 4.69) is 39.8 Å². The fourth-order valence-corrected chi connectivity index (χ4v) is 5.96. The Kier molecular flexibility index (Phi) is 10.2. The first-order valence-electron chi connectivity index (χ1n) is 13.5. The van der Waals surface area contributed by atoms with E-state index in [-0.39, 0.29) is 17.0 Å². The average molecular weight is 574 g/mol. The fourth-order valence-electron chi connectivity index (χ4n) is 5.35. The summed E-state index contributed by atoms with van der Waals surface area (Å²) in [5.41, 5.74) is 4.41. The third-order valence-corrected chi connectivity index (χ3v) is 8.98. The fraction of sp³-hybridized carbons (Fsp3) is 0.448. The second-order valence-electron chi connectivity index (χ2n) is 10.3. The lowest BCUT2D eigenvalue weighted by atomic mass is 9.95. The Morgan fingerprint density at radius 3 is 2.46 bits per heavy atom. The summed E-state index contributed by atoms with van der Waals surface area (Å²) in [5, 5.41) is 24.9. The predicted molar refractivity (Wildman–Crippen MR) is 157 cm³/mol. The Labute approximate surface area is 237 Å². The molecule has 39 heavy (non-hydrogen) atoms. The van der Waals surface area contributed by atoms with Crippen molar-refractivity contribution in [1.29, 1.82) is 0 Å². The molecule has 0 spiro atoms. The summed E-state index contributed by atoms with van der Waals surface area (Å²) in [7, 11) is -3.79. The van der Waals surface area contributed by atoms with Gasteiger partial charge in [-0.15, -0.1) is 0 Å². The first-order chi connectivity index (χ1) is 18.7. The Morgan fingerprint density at radius 2 is 1.82 bits per heavy atom. The Morgan fingerprint density at radius 1 is 1.15 bits per heavy atom. The van der Waals surface area contributed by atoms with Gasteiger partial charge in [0.1, 0.15) is 6.23 Å².